The first-order chi connectivity index (χ1) is 9.16. The number of ether oxygens (including phenoxy) is 1. The normalized spacial score (nSPS) is 25.4. The number of piperidine rings is 1. The fraction of sp³-hybridized carbons (Fsp3) is 0.714. The number of carbonyl (C=O) groups is 1. The molecule has 0 N–H and O–H groups in total. The molecule has 1 aromatic heterocycles. The van der Waals surface area contributed by atoms with E-state index in [2.05, 4.69) is 4.98 Å². The molecule has 2 fully saturated rings. The minimum absolute atomic E-state index is 0.100. The summed E-state index contributed by atoms with van der Waals surface area (Å²) in [7, 11) is 3.66. The molecular formula is C14H21N3O2. The molecule has 1 aliphatic heterocycles. The molecule has 0 bridgehead atoms. The largest absolute Gasteiger partial charge is 0.381 e. The third kappa shape index (κ3) is 1.96. The third-order valence-electron chi connectivity index (χ3n) is 4.95. The Morgan fingerprint density at radius 1 is 1.42 bits per heavy atom. The van der Waals surface area contributed by atoms with Crippen LogP contribution in [0, 0.1) is 5.41 Å². The van der Waals surface area contributed by atoms with E-state index in [-0.39, 0.29) is 5.91 Å². The molecule has 1 saturated carbocycles. The van der Waals surface area contributed by atoms with E-state index in [9.17, 15) is 4.79 Å². The van der Waals surface area contributed by atoms with E-state index in [0.29, 0.717) is 17.2 Å². The van der Waals surface area contributed by atoms with Gasteiger partial charge in [-0.3, -0.25) is 4.79 Å². The molecule has 1 spiro atoms. The van der Waals surface area contributed by atoms with Crippen molar-refractivity contribution in [3.05, 3.63) is 18.2 Å². The lowest BCUT2D eigenvalue weighted by Gasteiger charge is -2.53. The molecule has 1 aliphatic carbocycles. The van der Waals surface area contributed by atoms with Gasteiger partial charge in [-0.05, 0) is 25.7 Å². The van der Waals surface area contributed by atoms with E-state index in [0.717, 1.165) is 25.9 Å². The zero-order valence-corrected chi connectivity index (χ0v) is 11.6. The fourth-order valence-corrected chi connectivity index (χ4v) is 3.49. The van der Waals surface area contributed by atoms with E-state index in [4.69, 9.17) is 4.74 Å². The summed E-state index contributed by atoms with van der Waals surface area (Å²) < 4.78 is 7.33. The number of nitrogens with zero attached hydrogens (tertiary/aromatic N) is 3. The van der Waals surface area contributed by atoms with Crippen molar-refractivity contribution in [2.75, 3.05) is 20.2 Å². The third-order valence-corrected chi connectivity index (χ3v) is 4.95. The minimum Gasteiger partial charge on any atom is -0.381 e. The fourth-order valence-electron chi connectivity index (χ4n) is 3.49. The Labute approximate surface area is 113 Å². The van der Waals surface area contributed by atoms with E-state index in [1.165, 1.54) is 12.8 Å². The summed E-state index contributed by atoms with van der Waals surface area (Å²) in [4.78, 5) is 18.3. The zero-order valence-electron chi connectivity index (χ0n) is 11.6. The minimum atomic E-state index is 0.100. The summed E-state index contributed by atoms with van der Waals surface area (Å²) >= 11 is 0. The van der Waals surface area contributed by atoms with Crippen molar-refractivity contribution in [3.8, 4) is 0 Å². The van der Waals surface area contributed by atoms with Crippen LogP contribution in [-0.4, -0.2) is 46.7 Å². The van der Waals surface area contributed by atoms with Crippen molar-refractivity contribution in [1.29, 1.82) is 0 Å². The Hall–Kier alpha value is -1.36. The second kappa shape index (κ2) is 4.63. The van der Waals surface area contributed by atoms with Gasteiger partial charge in [0.25, 0.3) is 5.91 Å². The summed E-state index contributed by atoms with van der Waals surface area (Å²) in [6.45, 7) is 1.67. The predicted molar refractivity (Wildman–Crippen MR) is 70.8 cm³/mol. The second-order valence-corrected chi connectivity index (χ2v) is 5.81. The number of methoxy groups -OCH3 is 1. The lowest BCUT2D eigenvalue weighted by molar-refractivity contribution is -0.116. The van der Waals surface area contributed by atoms with E-state index in [1.807, 2.05) is 11.9 Å². The number of amides is 1. The van der Waals surface area contributed by atoms with E-state index in [1.54, 1.807) is 24.2 Å². The molecule has 0 radical (unpaired) electrons. The van der Waals surface area contributed by atoms with Gasteiger partial charge in [-0.25, -0.2) is 4.98 Å². The van der Waals surface area contributed by atoms with Crippen LogP contribution in [0.25, 0.3) is 0 Å². The first-order valence-electron chi connectivity index (χ1n) is 6.95. The van der Waals surface area contributed by atoms with Gasteiger partial charge < -0.3 is 14.2 Å². The summed E-state index contributed by atoms with van der Waals surface area (Å²) in [6, 6.07) is 0. The zero-order chi connectivity index (χ0) is 13.5. The van der Waals surface area contributed by atoms with Crippen LogP contribution in [0.1, 0.15) is 36.2 Å². The Morgan fingerprint density at radius 3 is 2.63 bits per heavy atom. The van der Waals surface area contributed by atoms with Gasteiger partial charge in [0.1, 0.15) is 5.69 Å². The van der Waals surface area contributed by atoms with Crippen molar-refractivity contribution >= 4 is 5.91 Å². The van der Waals surface area contributed by atoms with Crippen molar-refractivity contribution in [2.45, 2.75) is 31.8 Å². The Bertz CT molecular complexity index is 473. The van der Waals surface area contributed by atoms with Gasteiger partial charge in [0.05, 0.1) is 18.6 Å². The maximum absolute atomic E-state index is 12.4. The number of hydrogen-bond donors (Lipinski definition) is 0. The van der Waals surface area contributed by atoms with Gasteiger partial charge in [0.15, 0.2) is 0 Å². The van der Waals surface area contributed by atoms with Crippen molar-refractivity contribution in [2.24, 2.45) is 12.5 Å². The maximum Gasteiger partial charge on any atom is 0.272 e. The Balaban J connectivity index is 1.65. The van der Waals surface area contributed by atoms with Crippen molar-refractivity contribution in [3.63, 3.8) is 0 Å². The number of rotatable bonds is 2. The van der Waals surface area contributed by atoms with Gasteiger partial charge in [-0.15, -0.1) is 0 Å². The average molecular weight is 263 g/mol. The van der Waals surface area contributed by atoms with Crippen LogP contribution in [0.15, 0.2) is 12.5 Å². The highest BCUT2D eigenvalue weighted by Gasteiger charge is 2.49. The molecule has 5 heteroatoms. The maximum atomic E-state index is 12.4. The van der Waals surface area contributed by atoms with Crippen LogP contribution in [0.2, 0.25) is 0 Å². The average Bonchev–Trinajstić information content (AvgIpc) is 2.84. The monoisotopic (exact) mass is 263 g/mol. The lowest BCUT2D eigenvalue weighted by atomic mass is 9.61. The van der Waals surface area contributed by atoms with Gasteiger partial charge >= 0.3 is 0 Å². The highest BCUT2D eigenvalue weighted by Crippen LogP contribution is 2.50. The van der Waals surface area contributed by atoms with Gasteiger partial charge in [0.2, 0.25) is 0 Å². The van der Waals surface area contributed by atoms with Crippen LogP contribution in [0.3, 0.4) is 0 Å². The first-order valence-corrected chi connectivity index (χ1v) is 6.95. The molecule has 2 aliphatic rings. The summed E-state index contributed by atoms with van der Waals surface area (Å²) in [5.41, 5.74) is 1.02. The molecule has 1 amide bonds. The van der Waals surface area contributed by atoms with Crippen LogP contribution in [0.4, 0.5) is 0 Å². The molecule has 1 atom stereocenters. The Kier molecular flexibility index (Phi) is 3.09. The molecule has 2 heterocycles. The molecule has 1 saturated heterocycles. The SMILES string of the molecule is COC1CCC12CCN(C(=O)c1cncn1C)CC2. The molecular weight excluding hydrogens is 242 g/mol. The molecule has 1 unspecified atom stereocenters. The molecule has 104 valence electrons. The van der Waals surface area contributed by atoms with Crippen LogP contribution in [0.5, 0.6) is 0 Å². The smallest absolute Gasteiger partial charge is 0.272 e. The summed E-state index contributed by atoms with van der Waals surface area (Å²) in [5, 5.41) is 0. The summed E-state index contributed by atoms with van der Waals surface area (Å²) in [5.74, 6) is 0.100. The van der Waals surface area contributed by atoms with Crippen molar-refractivity contribution < 1.29 is 9.53 Å². The van der Waals surface area contributed by atoms with Gasteiger partial charge in [-0.2, -0.15) is 0 Å². The number of aryl methyl sites for hydroxylation is 1. The highest BCUT2D eigenvalue weighted by molar-refractivity contribution is 5.92. The predicted octanol–water partition coefficient (Wildman–Crippen LogP) is 1.45. The van der Waals surface area contributed by atoms with Gasteiger partial charge in [0, 0.05) is 32.7 Å². The van der Waals surface area contributed by atoms with Crippen LogP contribution < -0.4 is 0 Å². The van der Waals surface area contributed by atoms with Crippen molar-refractivity contribution in [1.82, 2.24) is 14.5 Å². The standard InChI is InChI=1S/C14H21N3O2/c1-16-10-15-9-11(16)13(18)17-7-5-14(6-8-17)4-3-12(14)19-2/h9-10,12H,3-8H2,1-2H3. The first kappa shape index (κ1) is 12.7. The topological polar surface area (TPSA) is 47.4 Å². The molecule has 19 heavy (non-hydrogen) atoms. The molecule has 3 rings (SSSR count). The number of carbonyl (C=O) groups excluding carboxylic acids is 1. The number of aromatic nitrogens is 2. The van der Waals surface area contributed by atoms with Gasteiger partial charge in [-0.1, -0.05) is 0 Å². The second-order valence-electron chi connectivity index (χ2n) is 5.81. The van der Waals surface area contributed by atoms with E-state index < -0.39 is 0 Å². The Morgan fingerprint density at radius 2 is 2.16 bits per heavy atom. The summed E-state index contributed by atoms with van der Waals surface area (Å²) in [6.07, 6.45) is 8.27. The van der Waals surface area contributed by atoms with E-state index >= 15 is 0 Å². The number of hydrogen-bond acceptors (Lipinski definition) is 3. The molecule has 0 aromatic carbocycles. The number of imidazole rings is 1. The quantitative estimate of drug-likeness (QED) is 0.811. The molecule has 5 nitrogen and oxygen atoms in total. The number of likely N-dealkylation sites (tertiary alicyclic amines) is 1. The van der Waals surface area contributed by atoms with Crippen LogP contribution in [-0.2, 0) is 11.8 Å². The lowest BCUT2D eigenvalue weighted by Crippen LogP contribution is -2.54. The highest BCUT2D eigenvalue weighted by atomic mass is 16.5. The van der Waals surface area contributed by atoms with Crippen LogP contribution >= 0.6 is 0 Å². The molecule has 1 aromatic rings.